The first-order valence-corrected chi connectivity index (χ1v) is 19.3. The maximum Gasteiger partial charge on any atom is 0.293 e. The van der Waals surface area contributed by atoms with E-state index >= 15 is 0 Å². The van der Waals surface area contributed by atoms with Crippen LogP contribution in [0.3, 0.4) is 0 Å². The predicted molar refractivity (Wildman–Crippen MR) is 215 cm³/mol. The van der Waals surface area contributed by atoms with Gasteiger partial charge in [-0.2, -0.15) is 0 Å². The summed E-state index contributed by atoms with van der Waals surface area (Å²) in [4.78, 5) is 70.4. The van der Waals surface area contributed by atoms with Gasteiger partial charge in [0.25, 0.3) is 12.0 Å². The number of rotatable bonds is 12. The van der Waals surface area contributed by atoms with Gasteiger partial charge in [-0.05, 0) is 108 Å². The van der Waals surface area contributed by atoms with E-state index in [1.165, 1.54) is 6.08 Å². The molecule has 3 aliphatic rings. The maximum atomic E-state index is 11.4. The van der Waals surface area contributed by atoms with Crippen LogP contribution >= 0.6 is 0 Å². The Balaban J connectivity index is 0.000000349. The zero-order chi connectivity index (χ0) is 41.7. The lowest BCUT2D eigenvalue weighted by Gasteiger charge is -2.19. The molecule has 0 radical (unpaired) electrons. The Kier molecular flexibility index (Phi) is 21.5. The molecule has 2 aromatic rings. The largest absolute Gasteiger partial charge is 0.497 e. The molecule has 2 saturated carbocycles. The van der Waals surface area contributed by atoms with E-state index < -0.39 is 11.0 Å². The molecular weight excluding hydrogens is 729 g/mol. The molecular formula is C39H60N6O9S. The summed E-state index contributed by atoms with van der Waals surface area (Å²) < 4.78 is 23.4. The summed E-state index contributed by atoms with van der Waals surface area (Å²) in [5.74, 6) is 0.964. The van der Waals surface area contributed by atoms with E-state index in [0.29, 0.717) is 36.9 Å². The first kappa shape index (κ1) is 48.2. The van der Waals surface area contributed by atoms with Gasteiger partial charge in [-0.3, -0.25) is 33.5 Å². The van der Waals surface area contributed by atoms with Crippen LogP contribution in [0.4, 0.5) is 0 Å². The van der Waals surface area contributed by atoms with Crippen molar-refractivity contribution in [2.24, 2.45) is 11.8 Å². The second-order valence-electron chi connectivity index (χ2n) is 14.0. The Morgan fingerprint density at radius 1 is 1.11 bits per heavy atom. The number of hydrogen-bond donors (Lipinski definition) is 4. The van der Waals surface area contributed by atoms with Crippen LogP contribution in [0.5, 0.6) is 5.75 Å². The summed E-state index contributed by atoms with van der Waals surface area (Å²) >= 11 is 0. The summed E-state index contributed by atoms with van der Waals surface area (Å²) in [6, 6.07) is 7.32. The van der Waals surface area contributed by atoms with Crippen LogP contribution in [0.25, 0.3) is 10.8 Å². The number of nitrogens with one attached hydrogen (secondary N) is 4. The molecule has 5 unspecified atom stereocenters. The number of amides is 4. The molecule has 0 spiro atoms. The molecule has 5 atom stereocenters. The molecule has 0 bridgehead atoms. The Labute approximate surface area is 327 Å². The topological polar surface area (TPSA) is 196 Å². The lowest BCUT2D eigenvalue weighted by molar-refractivity contribution is -0.138. The molecule has 15 nitrogen and oxygen atoms in total. The molecule has 4 N–H and O–H groups in total. The molecule has 306 valence electrons. The molecule has 1 saturated heterocycles. The number of aromatic amines is 1. The number of likely N-dealkylation sites (N-methyl/N-ethyl adjacent to an activating group) is 3. The van der Waals surface area contributed by atoms with E-state index in [9.17, 15) is 33.0 Å². The quantitative estimate of drug-likeness (QED) is 0.141. The molecule has 3 fully saturated rings. The number of ether oxygens (including phenoxy) is 2. The van der Waals surface area contributed by atoms with E-state index in [-0.39, 0.29) is 46.1 Å². The Hall–Kier alpha value is -4.83. The van der Waals surface area contributed by atoms with Crippen molar-refractivity contribution in [2.75, 3.05) is 41.3 Å². The number of likely N-dealkylation sites (tertiary alicyclic amines) is 1. The number of carbonyl (C=O) groups is 5. The van der Waals surface area contributed by atoms with Crippen LogP contribution in [0.1, 0.15) is 59.8 Å². The average molecular weight is 789 g/mol. The molecule has 1 aromatic carbocycles. The van der Waals surface area contributed by atoms with E-state index in [1.54, 1.807) is 55.4 Å². The molecule has 4 amide bonds. The standard InChI is InChI=1S/C10H9NO2.C9H13NO2S.C8H16N2O.C7H12N2O2.C5H10O2/c1-13-8-2-3-9-7(6-8)4-5-11-10(9)12;1-2-6-5-8(6)9(11)10-13(12)7-3-4-7;1-5-8(11)10(4)6-7(2)9-3;1-8-7(11)6-3-2-4-9(6)5-10;1-5(2,3)7-4-6/h2-6H,1H3,(H,11,12);2,6-8H,1,3-5H2,(H,10,11);5,7,9H,1,6H2,2-4H3;5-6H,2-4H2,1H3,(H,8,11);4H,1-3H3. The van der Waals surface area contributed by atoms with Crippen molar-refractivity contribution in [1.29, 1.82) is 0 Å². The number of methoxy groups -OCH3 is 1. The number of nitrogens with zero attached hydrogens (tertiary/aromatic N) is 2. The van der Waals surface area contributed by atoms with E-state index in [4.69, 9.17) is 4.74 Å². The molecule has 1 aromatic heterocycles. The third kappa shape index (κ3) is 18.4. The third-order valence-corrected chi connectivity index (χ3v) is 9.94. The zero-order valence-corrected chi connectivity index (χ0v) is 34.2. The number of fused-ring (bicyclic) bond motifs is 1. The highest BCUT2D eigenvalue weighted by atomic mass is 32.2. The van der Waals surface area contributed by atoms with Crippen LogP contribution in [0.2, 0.25) is 0 Å². The zero-order valence-electron chi connectivity index (χ0n) is 33.4. The third-order valence-electron chi connectivity index (χ3n) is 8.46. The van der Waals surface area contributed by atoms with Gasteiger partial charge in [0, 0.05) is 50.7 Å². The van der Waals surface area contributed by atoms with Crippen molar-refractivity contribution >= 4 is 52.4 Å². The molecule has 55 heavy (non-hydrogen) atoms. The summed E-state index contributed by atoms with van der Waals surface area (Å²) in [5, 5.41) is 7.38. The number of benzene rings is 1. The molecule has 16 heteroatoms. The minimum Gasteiger partial charge on any atom is -0.497 e. The van der Waals surface area contributed by atoms with Gasteiger partial charge in [0.2, 0.25) is 24.1 Å². The average Bonchev–Trinajstić information content (AvgIpc) is 4.11. The van der Waals surface area contributed by atoms with Crippen molar-refractivity contribution in [3.05, 3.63) is 66.1 Å². The normalized spacial score (nSPS) is 18.8. The number of aromatic nitrogens is 1. The van der Waals surface area contributed by atoms with Gasteiger partial charge in [0.15, 0.2) is 0 Å². The molecule has 2 aliphatic carbocycles. The van der Waals surface area contributed by atoms with E-state index in [0.717, 1.165) is 49.6 Å². The molecule has 1 aliphatic heterocycles. The lowest BCUT2D eigenvalue weighted by atomic mass is 10.2. The Morgan fingerprint density at radius 2 is 1.78 bits per heavy atom. The smallest absolute Gasteiger partial charge is 0.293 e. The van der Waals surface area contributed by atoms with Crippen molar-refractivity contribution in [1.82, 2.24) is 30.1 Å². The summed E-state index contributed by atoms with van der Waals surface area (Å²) in [7, 11) is 5.70. The van der Waals surface area contributed by atoms with Gasteiger partial charge in [0.05, 0.1) is 12.4 Å². The SMILES string of the molecule is C=CC(=O)N(C)CC(C)NC.C=CC1CC1C(=O)NS(=O)C1CC1.CC(C)(C)OC=O.CNC(=O)C1CCCN1C=O.COc1ccc2c(=O)[nH]ccc2c1. The van der Waals surface area contributed by atoms with Crippen LogP contribution in [-0.2, 0) is 39.7 Å². The van der Waals surface area contributed by atoms with Crippen molar-refractivity contribution < 1.29 is 37.7 Å². The highest BCUT2D eigenvalue weighted by Crippen LogP contribution is 2.39. The highest BCUT2D eigenvalue weighted by Gasteiger charge is 2.42. The first-order valence-electron chi connectivity index (χ1n) is 18.1. The number of allylic oxidation sites excluding steroid dienone is 1. The number of pyridine rings is 1. The maximum absolute atomic E-state index is 11.4. The lowest BCUT2D eigenvalue weighted by Crippen LogP contribution is -2.41. The van der Waals surface area contributed by atoms with E-state index in [1.807, 2.05) is 46.9 Å². The van der Waals surface area contributed by atoms with Crippen LogP contribution in [0.15, 0.2) is 60.6 Å². The van der Waals surface area contributed by atoms with Gasteiger partial charge >= 0.3 is 0 Å². The van der Waals surface area contributed by atoms with Gasteiger partial charge in [-0.25, -0.2) is 4.21 Å². The number of hydrogen-bond acceptors (Lipinski definition) is 10. The second kappa shape index (κ2) is 24.6. The summed E-state index contributed by atoms with van der Waals surface area (Å²) in [6.45, 7) is 16.4. The minimum atomic E-state index is -1.12. The van der Waals surface area contributed by atoms with Crippen molar-refractivity contribution in [3.63, 3.8) is 0 Å². The fourth-order valence-electron chi connectivity index (χ4n) is 4.87. The highest BCUT2D eigenvalue weighted by molar-refractivity contribution is 7.84. The Morgan fingerprint density at radius 3 is 2.25 bits per heavy atom. The van der Waals surface area contributed by atoms with Crippen LogP contribution in [0, 0.1) is 11.8 Å². The summed E-state index contributed by atoms with van der Waals surface area (Å²) in [6.07, 6.45) is 10.1. The molecule has 5 rings (SSSR count). The van der Waals surface area contributed by atoms with Gasteiger partial charge in [0.1, 0.15) is 28.4 Å². The second-order valence-corrected chi connectivity index (χ2v) is 15.5. The summed E-state index contributed by atoms with van der Waals surface area (Å²) in [5.41, 5.74) is -0.387. The van der Waals surface area contributed by atoms with Gasteiger partial charge in [-0.15, -0.1) is 6.58 Å². The number of carbonyl (C=O) groups excluding carboxylic acids is 5. The monoisotopic (exact) mass is 788 g/mol. The van der Waals surface area contributed by atoms with E-state index in [2.05, 4.69) is 38.2 Å². The minimum absolute atomic E-state index is 0.0351. The fourth-order valence-corrected chi connectivity index (χ4v) is 5.95. The predicted octanol–water partition coefficient (Wildman–Crippen LogP) is 2.84. The molecule has 2 heterocycles. The fraction of sp³-hybridized carbons (Fsp3) is 0.538. The number of H-pyrrole nitrogens is 1. The van der Waals surface area contributed by atoms with Crippen LogP contribution in [-0.4, -0.2) is 114 Å². The van der Waals surface area contributed by atoms with Gasteiger partial charge < -0.3 is 34.9 Å². The van der Waals surface area contributed by atoms with Crippen LogP contribution < -0.4 is 25.7 Å². The van der Waals surface area contributed by atoms with Crippen molar-refractivity contribution in [3.8, 4) is 5.75 Å². The Bertz CT molecular complexity index is 1660. The first-order chi connectivity index (χ1) is 26.0. The van der Waals surface area contributed by atoms with Gasteiger partial charge in [-0.1, -0.05) is 12.7 Å². The van der Waals surface area contributed by atoms with Crippen molar-refractivity contribution in [2.45, 2.75) is 82.7 Å².